The summed E-state index contributed by atoms with van der Waals surface area (Å²) >= 11 is 1.46. The molecule has 4 rings (SSSR count). The number of anilines is 2. The van der Waals surface area contributed by atoms with E-state index in [1.54, 1.807) is 19.1 Å². The quantitative estimate of drug-likeness (QED) is 0.431. The fraction of sp³-hybridized carbons (Fsp3) is 0.174. The maximum absolute atomic E-state index is 12.9. The van der Waals surface area contributed by atoms with Gasteiger partial charge in [-0.1, -0.05) is 30.3 Å². The summed E-state index contributed by atoms with van der Waals surface area (Å²) < 4.78 is 5.63. The van der Waals surface area contributed by atoms with Crippen molar-refractivity contribution in [3.05, 3.63) is 86.8 Å². The first-order valence-electron chi connectivity index (χ1n) is 9.56. The van der Waals surface area contributed by atoms with Gasteiger partial charge in [-0.3, -0.25) is 4.79 Å². The number of H-pyrrole nitrogens is 1. The third-order valence-corrected chi connectivity index (χ3v) is 6.03. The predicted octanol–water partition coefficient (Wildman–Crippen LogP) is 5.26. The first-order chi connectivity index (χ1) is 14.4. The highest BCUT2D eigenvalue weighted by atomic mass is 32.1. The SMILES string of the molecule is Cc1sc2nc([C@@H](C)OC(=O)c3ccccc3Nc3ccccc3)[nH]c(=O)c2c1C. The highest BCUT2D eigenvalue weighted by Gasteiger charge is 2.20. The van der Waals surface area contributed by atoms with Crippen LogP contribution in [0.15, 0.2) is 59.4 Å². The standard InChI is InChI=1S/C23H21N3O3S/c1-13-15(3)30-22-19(13)21(27)25-20(26-22)14(2)29-23(28)17-11-7-8-12-18(17)24-16-9-5-4-6-10-16/h4-12,14,24H,1-3H3,(H,25,26,27)/t14-/m1/s1. The minimum absolute atomic E-state index is 0.217. The fourth-order valence-corrected chi connectivity index (χ4v) is 4.23. The van der Waals surface area contributed by atoms with Crippen LogP contribution in [-0.4, -0.2) is 15.9 Å². The van der Waals surface area contributed by atoms with Gasteiger partial charge >= 0.3 is 5.97 Å². The lowest BCUT2D eigenvalue weighted by Crippen LogP contribution is -2.17. The van der Waals surface area contributed by atoms with Crippen molar-refractivity contribution >= 4 is 38.9 Å². The summed E-state index contributed by atoms with van der Waals surface area (Å²) in [6, 6.07) is 16.7. The van der Waals surface area contributed by atoms with E-state index in [9.17, 15) is 9.59 Å². The van der Waals surface area contributed by atoms with E-state index in [0.717, 1.165) is 16.1 Å². The molecule has 0 radical (unpaired) electrons. The van der Waals surface area contributed by atoms with Gasteiger partial charge in [0.2, 0.25) is 0 Å². The number of nitrogens with one attached hydrogen (secondary N) is 2. The number of hydrogen-bond acceptors (Lipinski definition) is 6. The van der Waals surface area contributed by atoms with E-state index >= 15 is 0 Å². The molecule has 0 amide bonds. The Hall–Kier alpha value is -3.45. The van der Waals surface area contributed by atoms with Gasteiger partial charge in [0.25, 0.3) is 5.56 Å². The molecule has 2 aromatic heterocycles. The second kappa shape index (κ2) is 8.12. The molecule has 0 aliphatic carbocycles. The average Bonchev–Trinajstić information content (AvgIpc) is 3.03. The largest absolute Gasteiger partial charge is 0.451 e. The van der Waals surface area contributed by atoms with Crippen LogP contribution in [0.25, 0.3) is 10.2 Å². The smallest absolute Gasteiger partial charge is 0.340 e. The van der Waals surface area contributed by atoms with E-state index in [-0.39, 0.29) is 5.56 Å². The van der Waals surface area contributed by atoms with Gasteiger partial charge in [-0.25, -0.2) is 9.78 Å². The Morgan fingerprint density at radius 1 is 1.10 bits per heavy atom. The van der Waals surface area contributed by atoms with E-state index in [4.69, 9.17) is 4.74 Å². The molecule has 0 fully saturated rings. The molecule has 0 spiro atoms. The Balaban J connectivity index is 1.59. The number of para-hydroxylation sites is 2. The number of ether oxygens (including phenoxy) is 1. The Labute approximate surface area is 177 Å². The first-order valence-corrected chi connectivity index (χ1v) is 10.4. The number of rotatable bonds is 5. The van der Waals surface area contributed by atoms with Gasteiger partial charge in [0.15, 0.2) is 11.9 Å². The van der Waals surface area contributed by atoms with Crippen LogP contribution < -0.4 is 10.9 Å². The van der Waals surface area contributed by atoms with Crippen LogP contribution in [0.2, 0.25) is 0 Å². The lowest BCUT2D eigenvalue weighted by atomic mass is 10.1. The number of aromatic amines is 1. The van der Waals surface area contributed by atoms with E-state index in [0.29, 0.717) is 27.3 Å². The van der Waals surface area contributed by atoms with Crippen molar-refractivity contribution in [2.75, 3.05) is 5.32 Å². The van der Waals surface area contributed by atoms with Crippen molar-refractivity contribution in [2.24, 2.45) is 0 Å². The molecule has 2 aromatic carbocycles. The molecular formula is C23H21N3O3S. The number of hydrogen-bond donors (Lipinski definition) is 2. The van der Waals surface area contributed by atoms with Crippen LogP contribution in [0.1, 0.15) is 39.7 Å². The van der Waals surface area contributed by atoms with Gasteiger partial charge in [0.1, 0.15) is 4.83 Å². The third-order valence-electron chi connectivity index (χ3n) is 4.93. The maximum atomic E-state index is 12.9. The first kappa shape index (κ1) is 19.8. The number of fused-ring (bicyclic) bond motifs is 1. The number of thiophene rings is 1. The normalized spacial score (nSPS) is 12.0. The summed E-state index contributed by atoms with van der Waals surface area (Å²) in [4.78, 5) is 34.4. The van der Waals surface area contributed by atoms with Crippen LogP contribution in [0, 0.1) is 13.8 Å². The lowest BCUT2D eigenvalue weighted by molar-refractivity contribution is 0.0321. The molecule has 0 aliphatic heterocycles. The minimum atomic E-state index is -0.706. The highest BCUT2D eigenvalue weighted by molar-refractivity contribution is 7.18. The molecule has 0 saturated heterocycles. The van der Waals surface area contributed by atoms with Gasteiger partial charge in [-0.05, 0) is 50.6 Å². The molecule has 0 bridgehead atoms. The molecule has 4 aromatic rings. The average molecular weight is 420 g/mol. The Bertz CT molecular complexity index is 1280. The van der Waals surface area contributed by atoms with Crippen molar-refractivity contribution in [1.29, 1.82) is 0 Å². The molecule has 7 heteroatoms. The molecule has 2 N–H and O–H groups in total. The molecule has 0 aliphatic rings. The van der Waals surface area contributed by atoms with Crippen LogP contribution >= 0.6 is 11.3 Å². The zero-order valence-electron chi connectivity index (χ0n) is 16.9. The number of esters is 1. The monoisotopic (exact) mass is 419 g/mol. The van der Waals surface area contributed by atoms with E-state index in [1.807, 2.05) is 56.3 Å². The minimum Gasteiger partial charge on any atom is -0.451 e. The van der Waals surface area contributed by atoms with E-state index in [1.165, 1.54) is 11.3 Å². The highest BCUT2D eigenvalue weighted by Crippen LogP contribution is 2.28. The van der Waals surface area contributed by atoms with Crippen LogP contribution in [0.5, 0.6) is 0 Å². The number of aryl methyl sites for hydroxylation is 2. The second-order valence-electron chi connectivity index (χ2n) is 7.00. The molecule has 2 heterocycles. The van der Waals surface area contributed by atoms with Crippen molar-refractivity contribution in [1.82, 2.24) is 9.97 Å². The number of nitrogens with zero attached hydrogens (tertiary/aromatic N) is 1. The van der Waals surface area contributed by atoms with Crippen LogP contribution in [-0.2, 0) is 4.74 Å². The van der Waals surface area contributed by atoms with Gasteiger partial charge in [0.05, 0.1) is 16.6 Å². The van der Waals surface area contributed by atoms with Crippen LogP contribution in [0.3, 0.4) is 0 Å². The van der Waals surface area contributed by atoms with E-state index in [2.05, 4.69) is 15.3 Å². The summed E-state index contributed by atoms with van der Waals surface area (Å²) in [5, 5.41) is 3.83. The number of carbonyl (C=O) groups is 1. The fourth-order valence-electron chi connectivity index (χ4n) is 3.19. The van der Waals surface area contributed by atoms with Gasteiger partial charge < -0.3 is 15.0 Å². The van der Waals surface area contributed by atoms with Gasteiger partial charge in [0, 0.05) is 10.6 Å². The van der Waals surface area contributed by atoms with Crippen molar-refractivity contribution in [2.45, 2.75) is 26.9 Å². The zero-order chi connectivity index (χ0) is 21.3. The Morgan fingerprint density at radius 3 is 2.57 bits per heavy atom. The molecule has 0 unspecified atom stereocenters. The molecule has 152 valence electrons. The molecule has 6 nitrogen and oxygen atoms in total. The topological polar surface area (TPSA) is 84.1 Å². The summed E-state index contributed by atoms with van der Waals surface area (Å²) in [5.74, 6) is -0.168. The summed E-state index contributed by atoms with van der Waals surface area (Å²) in [5.41, 5.74) is 2.62. The van der Waals surface area contributed by atoms with Gasteiger partial charge in [-0.2, -0.15) is 0 Å². The van der Waals surface area contributed by atoms with Crippen molar-refractivity contribution < 1.29 is 9.53 Å². The summed E-state index contributed by atoms with van der Waals surface area (Å²) in [6.45, 7) is 5.56. The Morgan fingerprint density at radius 2 is 1.80 bits per heavy atom. The number of carbonyl (C=O) groups excluding carboxylic acids is 1. The molecular weight excluding hydrogens is 398 g/mol. The van der Waals surface area contributed by atoms with Crippen molar-refractivity contribution in [3.8, 4) is 0 Å². The predicted molar refractivity (Wildman–Crippen MR) is 120 cm³/mol. The number of benzene rings is 2. The third kappa shape index (κ3) is 3.84. The molecule has 1 atom stereocenters. The molecule has 0 saturated carbocycles. The summed E-state index contributed by atoms with van der Waals surface area (Å²) in [6.07, 6.45) is -0.706. The molecule has 30 heavy (non-hydrogen) atoms. The van der Waals surface area contributed by atoms with E-state index < -0.39 is 12.1 Å². The van der Waals surface area contributed by atoms with Gasteiger partial charge in [-0.15, -0.1) is 11.3 Å². The number of aromatic nitrogens is 2. The zero-order valence-corrected chi connectivity index (χ0v) is 17.7. The van der Waals surface area contributed by atoms with Crippen LogP contribution in [0.4, 0.5) is 11.4 Å². The Kier molecular flexibility index (Phi) is 5.37. The lowest BCUT2D eigenvalue weighted by Gasteiger charge is -2.15. The second-order valence-corrected chi connectivity index (χ2v) is 8.20. The van der Waals surface area contributed by atoms with Crippen molar-refractivity contribution in [3.63, 3.8) is 0 Å². The maximum Gasteiger partial charge on any atom is 0.340 e. The summed E-state index contributed by atoms with van der Waals surface area (Å²) in [7, 11) is 0.